The third kappa shape index (κ3) is 3.14. The summed E-state index contributed by atoms with van der Waals surface area (Å²) in [5.74, 6) is -0.593. The number of halogens is 2. The average molecular weight is 366 g/mol. The number of fused-ring (bicyclic) bond motifs is 1. The van der Waals surface area contributed by atoms with Crippen molar-refractivity contribution in [1.82, 2.24) is 0 Å². The van der Waals surface area contributed by atoms with E-state index in [4.69, 9.17) is 0 Å². The Morgan fingerprint density at radius 2 is 2.14 bits per heavy atom. The zero-order chi connectivity index (χ0) is 15.0. The van der Waals surface area contributed by atoms with Gasteiger partial charge in [0, 0.05) is 9.37 Å². The number of hydrogen-bond donors (Lipinski definition) is 1. The Kier molecular flexibility index (Phi) is 4.04. The summed E-state index contributed by atoms with van der Waals surface area (Å²) in [6.07, 6.45) is 0.685. The molecule has 21 heavy (non-hydrogen) atoms. The van der Waals surface area contributed by atoms with Crippen LogP contribution in [0.15, 0.2) is 45.8 Å². The summed E-state index contributed by atoms with van der Waals surface area (Å²) in [5.41, 5.74) is 2.58. The molecule has 1 atom stereocenters. The Labute approximate surface area is 135 Å². The highest BCUT2D eigenvalue weighted by Gasteiger charge is 2.28. The van der Waals surface area contributed by atoms with Gasteiger partial charge in [-0.25, -0.2) is 4.39 Å². The SMILES string of the molecule is Cc1ccc2c(c1)S[C@H](C(=O)Nc1ccc(Br)cc1F)C2. The fourth-order valence-corrected chi connectivity index (χ4v) is 3.91. The summed E-state index contributed by atoms with van der Waals surface area (Å²) in [7, 11) is 0. The van der Waals surface area contributed by atoms with Crippen LogP contribution in [0.5, 0.6) is 0 Å². The number of anilines is 1. The van der Waals surface area contributed by atoms with E-state index in [0.29, 0.717) is 10.9 Å². The molecule has 1 aliphatic heterocycles. The minimum Gasteiger partial charge on any atom is -0.323 e. The topological polar surface area (TPSA) is 29.1 Å². The van der Waals surface area contributed by atoms with Crippen molar-refractivity contribution >= 4 is 39.3 Å². The Hall–Kier alpha value is -1.33. The van der Waals surface area contributed by atoms with Gasteiger partial charge in [0.05, 0.1) is 10.9 Å². The van der Waals surface area contributed by atoms with Crippen LogP contribution < -0.4 is 5.32 Å². The summed E-state index contributed by atoms with van der Waals surface area (Å²) < 4.78 is 14.4. The van der Waals surface area contributed by atoms with Crippen LogP contribution in [-0.2, 0) is 11.2 Å². The molecule has 3 rings (SSSR count). The van der Waals surface area contributed by atoms with Gasteiger partial charge in [0.25, 0.3) is 0 Å². The van der Waals surface area contributed by atoms with E-state index >= 15 is 0 Å². The monoisotopic (exact) mass is 365 g/mol. The number of hydrogen-bond acceptors (Lipinski definition) is 2. The third-order valence-corrected chi connectivity index (χ3v) is 5.17. The quantitative estimate of drug-likeness (QED) is 0.845. The first-order chi connectivity index (χ1) is 10.0. The lowest BCUT2D eigenvalue weighted by molar-refractivity contribution is -0.115. The van der Waals surface area contributed by atoms with E-state index in [1.807, 2.05) is 13.0 Å². The molecule has 2 aromatic carbocycles. The Bertz CT molecular complexity index is 719. The number of thioether (sulfide) groups is 1. The van der Waals surface area contributed by atoms with E-state index in [0.717, 1.165) is 4.90 Å². The highest BCUT2D eigenvalue weighted by Crippen LogP contribution is 2.38. The lowest BCUT2D eigenvalue weighted by Gasteiger charge is -2.10. The molecule has 0 bridgehead atoms. The van der Waals surface area contributed by atoms with Gasteiger partial charge < -0.3 is 5.32 Å². The Balaban J connectivity index is 1.73. The van der Waals surface area contributed by atoms with Gasteiger partial charge in [-0.15, -0.1) is 11.8 Å². The van der Waals surface area contributed by atoms with E-state index in [1.54, 1.807) is 23.9 Å². The Morgan fingerprint density at radius 1 is 1.33 bits per heavy atom. The van der Waals surface area contributed by atoms with E-state index in [2.05, 4.69) is 33.4 Å². The zero-order valence-electron chi connectivity index (χ0n) is 11.3. The summed E-state index contributed by atoms with van der Waals surface area (Å²) in [6, 6.07) is 10.8. The van der Waals surface area contributed by atoms with Gasteiger partial charge in [0.2, 0.25) is 5.91 Å². The van der Waals surface area contributed by atoms with Crippen LogP contribution in [0.4, 0.5) is 10.1 Å². The van der Waals surface area contributed by atoms with Crippen LogP contribution >= 0.6 is 27.7 Å². The number of carbonyl (C=O) groups excluding carboxylic acids is 1. The fourth-order valence-electron chi connectivity index (χ4n) is 2.29. The normalized spacial score (nSPS) is 16.6. The first-order valence-electron chi connectivity index (χ1n) is 6.55. The molecule has 0 aromatic heterocycles. The molecular formula is C16H13BrFNOS. The van der Waals surface area contributed by atoms with Gasteiger partial charge in [-0.2, -0.15) is 0 Å². The van der Waals surface area contributed by atoms with Gasteiger partial charge >= 0.3 is 0 Å². The van der Waals surface area contributed by atoms with Crippen molar-refractivity contribution < 1.29 is 9.18 Å². The number of amides is 1. The van der Waals surface area contributed by atoms with E-state index in [1.165, 1.54) is 17.2 Å². The van der Waals surface area contributed by atoms with Crippen LogP contribution in [0.1, 0.15) is 11.1 Å². The smallest absolute Gasteiger partial charge is 0.238 e. The number of benzene rings is 2. The molecule has 0 saturated heterocycles. The molecule has 0 radical (unpaired) electrons. The molecule has 5 heteroatoms. The molecule has 0 saturated carbocycles. The highest BCUT2D eigenvalue weighted by atomic mass is 79.9. The van der Waals surface area contributed by atoms with Gasteiger partial charge in [0.1, 0.15) is 5.82 Å². The molecule has 108 valence electrons. The summed E-state index contributed by atoms with van der Waals surface area (Å²) >= 11 is 4.74. The van der Waals surface area contributed by atoms with Gasteiger partial charge in [-0.05, 0) is 43.2 Å². The summed E-state index contributed by atoms with van der Waals surface area (Å²) in [6.45, 7) is 2.03. The largest absolute Gasteiger partial charge is 0.323 e. The fraction of sp³-hybridized carbons (Fsp3) is 0.188. The average Bonchev–Trinajstić information content (AvgIpc) is 2.85. The summed E-state index contributed by atoms with van der Waals surface area (Å²) in [4.78, 5) is 13.4. The van der Waals surface area contributed by atoms with E-state index in [9.17, 15) is 9.18 Å². The van der Waals surface area contributed by atoms with Gasteiger partial charge in [-0.3, -0.25) is 4.79 Å². The van der Waals surface area contributed by atoms with E-state index < -0.39 is 5.82 Å². The molecule has 1 N–H and O–H groups in total. The molecule has 2 aromatic rings. The van der Waals surface area contributed by atoms with Crippen molar-refractivity contribution in [2.75, 3.05) is 5.32 Å². The molecule has 0 spiro atoms. The number of aryl methyl sites for hydroxylation is 1. The minimum absolute atomic E-state index is 0.157. The third-order valence-electron chi connectivity index (χ3n) is 3.38. The lowest BCUT2D eigenvalue weighted by atomic mass is 10.1. The second kappa shape index (κ2) is 5.81. The maximum absolute atomic E-state index is 13.8. The summed E-state index contributed by atoms with van der Waals surface area (Å²) in [5, 5.41) is 2.47. The molecule has 1 heterocycles. The van der Waals surface area contributed by atoms with Gasteiger partial charge in [-0.1, -0.05) is 33.6 Å². The predicted molar refractivity (Wildman–Crippen MR) is 87.3 cm³/mol. The second-order valence-electron chi connectivity index (χ2n) is 5.04. The van der Waals surface area contributed by atoms with Crippen molar-refractivity contribution in [2.24, 2.45) is 0 Å². The van der Waals surface area contributed by atoms with Crippen LogP contribution in [0.3, 0.4) is 0 Å². The number of rotatable bonds is 2. The van der Waals surface area contributed by atoms with Gasteiger partial charge in [0.15, 0.2) is 0 Å². The maximum Gasteiger partial charge on any atom is 0.238 e. The number of carbonyl (C=O) groups is 1. The van der Waals surface area contributed by atoms with Crippen LogP contribution in [0.25, 0.3) is 0 Å². The lowest BCUT2D eigenvalue weighted by Crippen LogP contribution is -2.25. The van der Waals surface area contributed by atoms with E-state index in [-0.39, 0.29) is 16.8 Å². The number of nitrogens with one attached hydrogen (secondary N) is 1. The first-order valence-corrected chi connectivity index (χ1v) is 8.22. The zero-order valence-corrected chi connectivity index (χ0v) is 13.7. The molecule has 1 amide bonds. The van der Waals surface area contributed by atoms with Crippen LogP contribution in [-0.4, -0.2) is 11.2 Å². The van der Waals surface area contributed by atoms with Crippen LogP contribution in [0.2, 0.25) is 0 Å². The maximum atomic E-state index is 13.8. The standard InChI is InChI=1S/C16H13BrFNOS/c1-9-2-3-10-7-15(21-14(10)6-9)16(20)19-13-5-4-11(17)8-12(13)18/h2-6,8,15H,7H2,1H3,(H,19,20)/t15-/m0/s1. The van der Waals surface area contributed by atoms with Crippen LogP contribution in [0, 0.1) is 12.7 Å². The molecule has 0 fully saturated rings. The van der Waals surface area contributed by atoms with Crippen molar-refractivity contribution in [3.8, 4) is 0 Å². The minimum atomic E-state index is -0.436. The molecule has 1 aliphatic rings. The van der Waals surface area contributed by atoms with Crippen molar-refractivity contribution in [3.63, 3.8) is 0 Å². The molecule has 2 nitrogen and oxygen atoms in total. The highest BCUT2D eigenvalue weighted by molar-refractivity contribution is 9.10. The molecule has 0 aliphatic carbocycles. The second-order valence-corrected chi connectivity index (χ2v) is 7.20. The molecular weight excluding hydrogens is 353 g/mol. The van der Waals surface area contributed by atoms with Crippen molar-refractivity contribution in [2.45, 2.75) is 23.5 Å². The molecule has 0 unspecified atom stereocenters. The van der Waals surface area contributed by atoms with Crippen molar-refractivity contribution in [3.05, 3.63) is 57.8 Å². The Morgan fingerprint density at radius 3 is 2.90 bits per heavy atom. The predicted octanol–water partition coefficient (Wildman–Crippen LogP) is 4.55. The first kappa shape index (κ1) is 14.6. The van der Waals surface area contributed by atoms with Crippen molar-refractivity contribution in [1.29, 1.82) is 0 Å².